The molecule has 6 nitrogen and oxygen atoms in total. The highest BCUT2D eigenvalue weighted by Gasteiger charge is 2.18. The Morgan fingerprint density at radius 2 is 2.00 bits per heavy atom. The summed E-state index contributed by atoms with van der Waals surface area (Å²) < 4.78 is 45.8. The Morgan fingerprint density at radius 1 is 1.22 bits per heavy atom. The summed E-state index contributed by atoms with van der Waals surface area (Å²) >= 11 is 6.65. The van der Waals surface area contributed by atoms with Crippen LogP contribution in [0.25, 0.3) is 11.5 Å². The molecule has 0 spiro atoms. The summed E-state index contributed by atoms with van der Waals surface area (Å²) in [7, 11) is -3.72. The van der Waals surface area contributed by atoms with Crippen LogP contribution in [-0.4, -0.2) is 18.6 Å². The Labute approximate surface area is 140 Å². The van der Waals surface area contributed by atoms with Crippen molar-refractivity contribution in [2.75, 3.05) is 0 Å². The van der Waals surface area contributed by atoms with Crippen LogP contribution in [0, 0.1) is 5.82 Å². The van der Waals surface area contributed by atoms with E-state index < -0.39 is 15.8 Å². The van der Waals surface area contributed by atoms with Crippen LogP contribution in [0.3, 0.4) is 0 Å². The average Bonchev–Trinajstić information content (AvgIpc) is 3.15. The fourth-order valence-electron chi connectivity index (χ4n) is 1.74. The van der Waals surface area contributed by atoms with E-state index in [1.54, 1.807) is 6.07 Å². The minimum Gasteiger partial charge on any atom is -0.419 e. The number of nitrogens with one attached hydrogen (secondary N) is 1. The van der Waals surface area contributed by atoms with Crippen molar-refractivity contribution < 1.29 is 17.2 Å². The van der Waals surface area contributed by atoms with E-state index >= 15 is 0 Å². The molecule has 0 fully saturated rings. The first-order valence-electron chi connectivity index (χ1n) is 6.28. The molecule has 0 saturated heterocycles. The number of nitrogens with zero attached hydrogens (tertiary/aromatic N) is 2. The average molecular weight is 374 g/mol. The zero-order chi connectivity index (χ0) is 16.4. The van der Waals surface area contributed by atoms with Crippen LogP contribution < -0.4 is 4.72 Å². The van der Waals surface area contributed by atoms with Crippen molar-refractivity contribution in [1.82, 2.24) is 14.9 Å². The van der Waals surface area contributed by atoms with Gasteiger partial charge >= 0.3 is 0 Å². The molecule has 0 radical (unpaired) electrons. The van der Waals surface area contributed by atoms with Crippen molar-refractivity contribution in [2.24, 2.45) is 0 Å². The molecule has 2 aromatic heterocycles. The van der Waals surface area contributed by atoms with E-state index in [0.717, 1.165) is 11.3 Å². The van der Waals surface area contributed by atoms with Gasteiger partial charge in [-0.2, -0.15) is 0 Å². The second kappa shape index (κ2) is 6.36. The zero-order valence-corrected chi connectivity index (χ0v) is 13.8. The van der Waals surface area contributed by atoms with Gasteiger partial charge in [-0.25, -0.2) is 17.5 Å². The minimum absolute atomic E-state index is 0.0172. The Balaban J connectivity index is 1.74. The van der Waals surface area contributed by atoms with E-state index in [0.29, 0.717) is 4.34 Å². The third-order valence-electron chi connectivity index (χ3n) is 2.80. The maximum atomic E-state index is 13.6. The number of hydrogen-bond acceptors (Lipinski definition) is 6. The van der Waals surface area contributed by atoms with E-state index in [2.05, 4.69) is 14.9 Å². The molecule has 0 aliphatic carbocycles. The first-order valence-corrected chi connectivity index (χ1v) is 8.96. The van der Waals surface area contributed by atoms with Crippen LogP contribution in [0.2, 0.25) is 4.34 Å². The monoisotopic (exact) mass is 373 g/mol. The first-order chi connectivity index (χ1) is 11.0. The second-order valence-electron chi connectivity index (χ2n) is 4.36. The molecule has 10 heteroatoms. The molecule has 0 aliphatic heterocycles. The van der Waals surface area contributed by atoms with Crippen molar-refractivity contribution in [3.63, 3.8) is 0 Å². The Hall–Kier alpha value is -1.81. The largest absolute Gasteiger partial charge is 0.419 e. The van der Waals surface area contributed by atoms with Crippen molar-refractivity contribution in [3.05, 3.63) is 52.4 Å². The Bertz CT molecular complexity index is 939. The minimum atomic E-state index is -3.72. The summed E-state index contributed by atoms with van der Waals surface area (Å²) in [5, 5.41) is 7.42. The summed E-state index contributed by atoms with van der Waals surface area (Å²) in [6.45, 7) is -0.209. The van der Waals surface area contributed by atoms with Gasteiger partial charge in [0.05, 0.1) is 16.4 Å². The lowest BCUT2D eigenvalue weighted by molar-refractivity contribution is 0.491. The fraction of sp³-hybridized carbons (Fsp3) is 0.0769. The highest BCUT2D eigenvalue weighted by Crippen LogP contribution is 2.25. The van der Waals surface area contributed by atoms with Crippen molar-refractivity contribution in [1.29, 1.82) is 0 Å². The van der Waals surface area contributed by atoms with Crippen LogP contribution in [-0.2, 0) is 16.6 Å². The van der Waals surface area contributed by atoms with Crippen molar-refractivity contribution in [3.8, 4) is 11.5 Å². The van der Waals surface area contributed by atoms with Gasteiger partial charge in [0, 0.05) is 0 Å². The van der Waals surface area contributed by atoms with E-state index in [-0.39, 0.29) is 28.1 Å². The fourth-order valence-corrected chi connectivity index (χ4v) is 4.24. The third kappa shape index (κ3) is 3.58. The van der Waals surface area contributed by atoms with Gasteiger partial charge in [-0.3, -0.25) is 0 Å². The molecule has 0 unspecified atom stereocenters. The maximum Gasteiger partial charge on any atom is 0.250 e. The van der Waals surface area contributed by atoms with Gasteiger partial charge in [0.2, 0.25) is 5.89 Å². The van der Waals surface area contributed by atoms with Gasteiger partial charge in [-0.15, -0.1) is 21.5 Å². The van der Waals surface area contributed by atoms with Gasteiger partial charge in [0.1, 0.15) is 10.0 Å². The Kier molecular flexibility index (Phi) is 4.44. The van der Waals surface area contributed by atoms with Crippen LogP contribution in [0.5, 0.6) is 0 Å². The van der Waals surface area contributed by atoms with Crippen molar-refractivity contribution in [2.45, 2.75) is 10.8 Å². The highest BCUT2D eigenvalue weighted by atomic mass is 35.5. The zero-order valence-electron chi connectivity index (χ0n) is 11.4. The summed E-state index contributed by atoms with van der Waals surface area (Å²) in [6, 6.07) is 8.81. The molecule has 1 aromatic carbocycles. The van der Waals surface area contributed by atoms with Crippen molar-refractivity contribution >= 4 is 33.0 Å². The maximum absolute atomic E-state index is 13.6. The molecule has 3 rings (SSSR count). The molecule has 0 bridgehead atoms. The number of benzene rings is 1. The van der Waals surface area contributed by atoms with E-state index in [1.807, 2.05) is 0 Å². The Morgan fingerprint density at radius 3 is 2.70 bits per heavy atom. The summed E-state index contributed by atoms with van der Waals surface area (Å²) in [6.07, 6.45) is 0. The standard InChI is InChI=1S/C13H9ClFN3O3S2/c14-10-5-6-12(22-10)23(19,20)16-7-11-17-18-13(21-11)8-3-1-2-4-9(8)15/h1-6,16H,7H2. The molecular formula is C13H9ClFN3O3S2. The number of halogens is 2. The lowest BCUT2D eigenvalue weighted by Crippen LogP contribution is -2.22. The number of rotatable bonds is 5. The predicted molar refractivity (Wildman–Crippen MR) is 83.0 cm³/mol. The molecule has 1 N–H and O–H groups in total. The normalized spacial score (nSPS) is 11.7. The van der Waals surface area contributed by atoms with Gasteiger partial charge in [0.15, 0.2) is 0 Å². The SMILES string of the molecule is O=S(=O)(NCc1nnc(-c2ccccc2F)o1)c1ccc(Cl)s1. The molecule has 0 saturated carbocycles. The number of sulfonamides is 1. The molecule has 3 aromatic rings. The van der Waals surface area contributed by atoms with E-state index in [1.165, 1.54) is 30.3 Å². The number of thiophene rings is 1. The quantitative estimate of drug-likeness (QED) is 0.742. The molecule has 23 heavy (non-hydrogen) atoms. The lowest BCUT2D eigenvalue weighted by Gasteiger charge is -2.01. The number of aromatic nitrogens is 2. The molecule has 0 atom stereocenters. The smallest absolute Gasteiger partial charge is 0.250 e. The van der Waals surface area contributed by atoms with Crippen LogP contribution >= 0.6 is 22.9 Å². The topological polar surface area (TPSA) is 85.1 Å². The van der Waals surface area contributed by atoms with Gasteiger partial charge in [-0.1, -0.05) is 23.7 Å². The summed E-state index contributed by atoms with van der Waals surface area (Å²) in [4.78, 5) is 0. The number of hydrogen-bond donors (Lipinski definition) is 1. The van der Waals surface area contributed by atoms with E-state index in [9.17, 15) is 12.8 Å². The highest BCUT2D eigenvalue weighted by molar-refractivity contribution is 7.91. The summed E-state index contributed by atoms with van der Waals surface area (Å²) in [5.41, 5.74) is 0.152. The second-order valence-corrected chi connectivity index (χ2v) is 8.07. The molecule has 0 aliphatic rings. The molecule has 2 heterocycles. The van der Waals surface area contributed by atoms with Crippen LogP contribution in [0.15, 0.2) is 45.0 Å². The molecule has 0 amide bonds. The third-order valence-corrected chi connectivity index (χ3v) is 5.92. The predicted octanol–water partition coefficient (Wildman–Crippen LogP) is 3.07. The van der Waals surface area contributed by atoms with E-state index in [4.69, 9.17) is 16.0 Å². The first kappa shape index (κ1) is 16.1. The van der Waals surface area contributed by atoms with Gasteiger partial charge in [-0.05, 0) is 24.3 Å². The van der Waals surface area contributed by atoms with Crippen LogP contribution in [0.1, 0.15) is 5.89 Å². The lowest BCUT2D eigenvalue weighted by atomic mass is 10.2. The molecular weight excluding hydrogens is 365 g/mol. The van der Waals surface area contributed by atoms with Gasteiger partial charge in [0.25, 0.3) is 15.9 Å². The summed E-state index contributed by atoms with van der Waals surface area (Å²) in [5.74, 6) is -0.498. The van der Waals surface area contributed by atoms with Gasteiger partial charge < -0.3 is 4.42 Å². The molecule has 120 valence electrons. The van der Waals surface area contributed by atoms with Crippen LogP contribution in [0.4, 0.5) is 4.39 Å².